The molecule has 1 atom stereocenters. The van der Waals surface area contributed by atoms with Gasteiger partial charge in [-0.3, -0.25) is 9.59 Å². The molecule has 0 spiro atoms. The van der Waals surface area contributed by atoms with Gasteiger partial charge in [-0.05, 0) is 41.8 Å². The molecular formula is C14H16BrClN2O3. The average Bonchev–Trinajstić information content (AvgIpc) is 2.49. The number of aromatic nitrogens is 1. The lowest BCUT2D eigenvalue weighted by Gasteiger charge is -2.31. The van der Waals surface area contributed by atoms with E-state index in [4.69, 9.17) is 16.3 Å². The molecule has 0 radical (unpaired) electrons. The number of halogens is 2. The molecule has 114 valence electrons. The first-order valence-electron chi connectivity index (χ1n) is 6.80. The van der Waals surface area contributed by atoms with E-state index in [1.165, 1.54) is 6.20 Å². The summed E-state index contributed by atoms with van der Waals surface area (Å²) in [5.74, 6) is -0.710. The molecule has 1 aromatic heterocycles. The zero-order valence-corrected chi connectivity index (χ0v) is 14.0. The van der Waals surface area contributed by atoms with Gasteiger partial charge in [0.2, 0.25) is 0 Å². The first-order valence-corrected chi connectivity index (χ1v) is 7.97. The van der Waals surface area contributed by atoms with Gasteiger partial charge in [0.1, 0.15) is 5.15 Å². The minimum absolute atomic E-state index is 0.168. The van der Waals surface area contributed by atoms with Gasteiger partial charge in [-0.1, -0.05) is 11.6 Å². The molecule has 5 nitrogen and oxygen atoms in total. The number of hydrogen-bond acceptors (Lipinski definition) is 4. The van der Waals surface area contributed by atoms with Crippen molar-refractivity contribution in [3.05, 3.63) is 27.5 Å². The van der Waals surface area contributed by atoms with Crippen LogP contribution in [0.3, 0.4) is 0 Å². The minimum atomic E-state index is -0.262. The van der Waals surface area contributed by atoms with Gasteiger partial charge in [0.15, 0.2) is 0 Å². The van der Waals surface area contributed by atoms with Crippen molar-refractivity contribution in [1.29, 1.82) is 0 Å². The maximum Gasteiger partial charge on any atom is 0.310 e. The van der Waals surface area contributed by atoms with Gasteiger partial charge >= 0.3 is 5.97 Å². The number of amides is 1. The molecule has 0 aromatic carbocycles. The number of carbonyl (C=O) groups is 2. The molecule has 0 saturated carbocycles. The van der Waals surface area contributed by atoms with E-state index in [1.54, 1.807) is 17.9 Å². The van der Waals surface area contributed by atoms with Crippen LogP contribution < -0.4 is 0 Å². The Kier molecular flexibility index (Phi) is 5.58. The van der Waals surface area contributed by atoms with E-state index in [2.05, 4.69) is 20.9 Å². The number of nitrogens with zero attached hydrogens (tertiary/aromatic N) is 2. The summed E-state index contributed by atoms with van der Waals surface area (Å²) in [5, 5.41) is 0.168. The van der Waals surface area contributed by atoms with Crippen molar-refractivity contribution >= 4 is 39.4 Å². The monoisotopic (exact) mass is 374 g/mol. The Hall–Kier alpha value is -1.14. The van der Waals surface area contributed by atoms with Gasteiger partial charge in [-0.2, -0.15) is 0 Å². The number of ether oxygens (including phenoxy) is 1. The van der Waals surface area contributed by atoms with Crippen molar-refractivity contribution in [2.24, 2.45) is 5.92 Å². The van der Waals surface area contributed by atoms with Gasteiger partial charge in [0.25, 0.3) is 5.91 Å². The maximum atomic E-state index is 12.5. The van der Waals surface area contributed by atoms with E-state index in [1.807, 2.05) is 0 Å². The Morgan fingerprint density at radius 1 is 1.57 bits per heavy atom. The van der Waals surface area contributed by atoms with Gasteiger partial charge in [0.05, 0.1) is 18.1 Å². The lowest BCUT2D eigenvalue weighted by atomic mass is 9.97. The Morgan fingerprint density at radius 2 is 2.33 bits per heavy atom. The van der Waals surface area contributed by atoms with E-state index >= 15 is 0 Å². The smallest absolute Gasteiger partial charge is 0.310 e. The molecule has 1 amide bonds. The second kappa shape index (κ2) is 7.22. The summed E-state index contributed by atoms with van der Waals surface area (Å²) in [6.45, 7) is 3.10. The molecule has 1 aliphatic heterocycles. The number of pyridine rings is 1. The summed E-state index contributed by atoms with van der Waals surface area (Å²) in [6.07, 6.45) is 3.05. The first-order chi connectivity index (χ1) is 10.0. The standard InChI is InChI=1S/C14H16BrClN2O3/c1-2-21-14(20)9-4-3-5-18(8-9)13(19)11-6-10(15)7-17-12(11)16/h6-7,9H,2-5,8H2,1H3/t9-/m1/s1. The molecular weight excluding hydrogens is 360 g/mol. The van der Waals surface area contributed by atoms with E-state index in [0.717, 1.165) is 12.8 Å². The molecule has 0 aliphatic carbocycles. The zero-order chi connectivity index (χ0) is 15.4. The van der Waals surface area contributed by atoms with Crippen molar-refractivity contribution in [2.75, 3.05) is 19.7 Å². The Labute approximate surface area is 136 Å². The molecule has 2 rings (SSSR count). The van der Waals surface area contributed by atoms with Crippen molar-refractivity contribution in [3.63, 3.8) is 0 Å². The third-order valence-electron chi connectivity index (χ3n) is 3.36. The molecule has 0 N–H and O–H groups in total. The molecule has 1 aromatic rings. The highest BCUT2D eigenvalue weighted by molar-refractivity contribution is 9.10. The fourth-order valence-corrected chi connectivity index (χ4v) is 2.87. The number of piperidine rings is 1. The van der Waals surface area contributed by atoms with Gasteiger partial charge < -0.3 is 9.64 Å². The van der Waals surface area contributed by atoms with Crippen LogP contribution in [0.25, 0.3) is 0 Å². The van der Waals surface area contributed by atoms with Crippen LogP contribution in [0.2, 0.25) is 5.15 Å². The van der Waals surface area contributed by atoms with Crippen LogP contribution in [0.5, 0.6) is 0 Å². The third-order valence-corrected chi connectivity index (χ3v) is 4.10. The lowest BCUT2D eigenvalue weighted by molar-refractivity contribution is -0.149. The SMILES string of the molecule is CCOC(=O)[C@@H]1CCCN(C(=O)c2cc(Br)cnc2Cl)C1. The summed E-state index contributed by atoms with van der Waals surface area (Å²) in [7, 11) is 0. The fourth-order valence-electron chi connectivity index (χ4n) is 2.36. The average molecular weight is 376 g/mol. The molecule has 1 saturated heterocycles. The highest BCUT2D eigenvalue weighted by Gasteiger charge is 2.30. The van der Waals surface area contributed by atoms with E-state index in [-0.39, 0.29) is 22.9 Å². The zero-order valence-electron chi connectivity index (χ0n) is 11.6. The Morgan fingerprint density at radius 3 is 3.05 bits per heavy atom. The van der Waals surface area contributed by atoms with Crippen molar-refractivity contribution < 1.29 is 14.3 Å². The summed E-state index contributed by atoms with van der Waals surface area (Å²) in [4.78, 5) is 29.9. The largest absolute Gasteiger partial charge is 0.466 e. The molecule has 0 bridgehead atoms. The van der Waals surface area contributed by atoms with Gasteiger partial charge in [0, 0.05) is 23.8 Å². The van der Waals surface area contributed by atoms with Crippen LogP contribution in [0.1, 0.15) is 30.1 Å². The van der Waals surface area contributed by atoms with Gasteiger partial charge in [-0.15, -0.1) is 0 Å². The normalized spacial score (nSPS) is 18.4. The predicted molar refractivity (Wildman–Crippen MR) is 82.2 cm³/mol. The predicted octanol–water partition coefficient (Wildman–Crippen LogP) is 2.91. The number of likely N-dealkylation sites (tertiary alicyclic amines) is 1. The topological polar surface area (TPSA) is 59.5 Å². The molecule has 7 heteroatoms. The van der Waals surface area contributed by atoms with Crippen molar-refractivity contribution in [2.45, 2.75) is 19.8 Å². The van der Waals surface area contributed by atoms with Crippen LogP contribution in [-0.2, 0) is 9.53 Å². The summed E-state index contributed by atoms with van der Waals surface area (Å²) in [5.41, 5.74) is 0.343. The molecule has 2 heterocycles. The number of rotatable bonds is 3. The van der Waals surface area contributed by atoms with Crippen LogP contribution in [0.15, 0.2) is 16.7 Å². The van der Waals surface area contributed by atoms with Crippen molar-refractivity contribution in [1.82, 2.24) is 9.88 Å². The first kappa shape index (κ1) is 16.2. The molecule has 0 unspecified atom stereocenters. The Bertz CT molecular complexity index is 553. The molecule has 21 heavy (non-hydrogen) atoms. The summed E-state index contributed by atoms with van der Waals surface area (Å²) in [6, 6.07) is 1.64. The highest BCUT2D eigenvalue weighted by Crippen LogP contribution is 2.24. The van der Waals surface area contributed by atoms with Crippen LogP contribution in [0.4, 0.5) is 0 Å². The quantitative estimate of drug-likeness (QED) is 0.602. The van der Waals surface area contributed by atoms with Crippen LogP contribution >= 0.6 is 27.5 Å². The maximum absolute atomic E-state index is 12.5. The lowest BCUT2D eigenvalue weighted by Crippen LogP contribution is -2.43. The van der Waals surface area contributed by atoms with E-state index in [9.17, 15) is 9.59 Å². The second-order valence-electron chi connectivity index (χ2n) is 4.83. The van der Waals surface area contributed by atoms with E-state index in [0.29, 0.717) is 29.7 Å². The van der Waals surface area contributed by atoms with Crippen LogP contribution in [-0.4, -0.2) is 41.5 Å². The summed E-state index contributed by atoms with van der Waals surface area (Å²) >= 11 is 9.27. The number of esters is 1. The Balaban J connectivity index is 2.12. The summed E-state index contributed by atoms with van der Waals surface area (Å²) < 4.78 is 5.72. The van der Waals surface area contributed by atoms with Crippen LogP contribution in [0, 0.1) is 5.92 Å². The highest BCUT2D eigenvalue weighted by atomic mass is 79.9. The minimum Gasteiger partial charge on any atom is -0.466 e. The van der Waals surface area contributed by atoms with Gasteiger partial charge in [-0.25, -0.2) is 4.98 Å². The molecule has 1 aliphatic rings. The fraction of sp³-hybridized carbons (Fsp3) is 0.500. The number of hydrogen-bond donors (Lipinski definition) is 0. The second-order valence-corrected chi connectivity index (χ2v) is 6.11. The number of carbonyl (C=O) groups excluding carboxylic acids is 2. The molecule has 1 fully saturated rings. The van der Waals surface area contributed by atoms with Crippen molar-refractivity contribution in [3.8, 4) is 0 Å². The third kappa shape index (κ3) is 3.95. The van der Waals surface area contributed by atoms with E-state index < -0.39 is 0 Å².